The average molecular weight is 577 g/mol. The molecule has 0 aromatic heterocycles. The van der Waals surface area contributed by atoms with Gasteiger partial charge in [0.15, 0.2) is 6.29 Å². The summed E-state index contributed by atoms with van der Waals surface area (Å²) in [6, 6.07) is 9.12. The van der Waals surface area contributed by atoms with Gasteiger partial charge in [-0.25, -0.2) is 8.78 Å². The highest BCUT2D eigenvalue weighted by atomic mass is 19.3. The summed E-state index contributed by atoms with van der Waals surface area (Å²) in [6.07, 6.45) is 8.20. The monoisotopic (exact) mass is 576 g/mol. The number of rotatable bonds is 10. The second kappa shape index (κ2) is 13.9. The summed E-state index contributed by atoms with van der Waals surface area (Å²) in [7, 11) is 0. The highest BCUT2D eigenvalue weighted by Crippen LogP contribution is 2.46. The minimum atomic E-state index is -3.36. The van der Waals surface area contributed by atoms with Gasteiger partial charge in [0.2, 0.25) is 0 Å². The molecule has 0 atom stereocenters. The van der Waals surface area contributed by atoms with E-state index in [1.54, 1.807) is 0 Å². The Morgan fingerprint density at radius 1 is 0.780 bits per heavy atom. The van der Waals surface area contributed by atoms with E-state index in [-0.39, 0.29) is 17.6 Å². The minimum absolute atomic E-state index is 0.0838. The van der Waals surface area contributed by atoms with Crippen LogP contribution in [0.15, 0.2) is 42.5 Å². The number of halogens is 4. The Kier molecular flexibility index (Phi) is 10.3. The molecule has 226 valence electrons. The Balaban J connectivity index is 1.05. The van der Waals surface area contributed by atoms with Gasteiger partial charge in [0, 0.05) is 23.5 Å². The molecule has 2 aliphatic carbocycles. The van der Waals surface area contributed by atoms with E-state index in [2.05, 4.69) is 6.92 Å². The molecule has 7 heteroatoms. The first kappa shape index (κ1) is 30.3. The van der Waals surface area contributed by atoms with Crippen molar-refractivity contribution in [3.8, 4) is 16.9 Å². The molecule has 2 saturated carbocycles. The van der Waals surface area contributed by atoms with Crippen LogP contribution >= 0.6 is 0 Å². The second-order valence-electron chi connectivity index (χ2n) is 12.5. The van der Waals surface area contributed by atoms with Crippen LogP contribution in [0.3, 0.4) is 0 Å². The number of unbranched alkanes of at least 4 members (excludes halogenated alkanes) is 2. The van der Waals surface area contributed by atoms with Crippen molar-refractivity contribution in [2.45, 2.75) is 96.4 Å². The maximum absolute atomic E-state index is 15.1. The third-order valence-electron chi connectivity index (χ3n) is 9.67. The molecule has 1 saturated heterocycles. The normalized spacial score (nSPS) is 29.3. The van der Waals surface area contributed by atoms with Gasteiger partial charge in [-0.05, 0) is 99.5 Å². The van der Waals surface area contributed by atoms with Crippen molar-refractivity contribution in [1.82, 2.24) is 0 Å². The first-order valence-corrected chi connectivity index (χ1v) is 15.7. The van der Waals surface area contributed by atoms with Gasteiger partial charge in [-0.15, -0.1) is 0 Å². The topological polar surface area (TPSA) is 27.7 Å². The van der Waals surface area contributed by atoms with E-state index in [9.17, 15) is 8.78 Å². The van der Waals surface area contributed by atoms with Gasteiger partial charge in [-0.1, -0.05) is 38.3 Å². The molecular weight excluding hydrogens is 532 g/mol. The van der Waals surface area contributed by atoms with Crippen LogP contribution in [0, 0.1) is 41.2 Å². The molecule has 0 spiro atoms. The van der Waals surface area contributed by atoms with Crippen molar-refractivity contribution in [3.05, 3.63) is 54.1 Å². The molecule has 1 aliphatic heterocycles. The Labute approximate surface area is 242 Å². The Hall–Kier alpha value is -2.12. The van der Waals surface area contributed by atoms with Crippen LogP contribution in [0.5, 0.6) is 5.75 Å². The molecule has 2 aromatic carbocycles. The van der Waals surface area contributed by atoms with Crippen LogP contribution in [0.25, 0.3) is 11.1 Å². The van der Waals surface area contributed by atoms with Crippen LogP contribution in [0.1, 0.15) is 84.0 Å². The van der Waals surface area contributed by atoms with Crippen molar-refractivity contribution < 1.29 is 31.8 Å². The third-order valence-corrected chi connectivity index (χ3v) is 9.67. The summed E-state index contributed by atoms with van der Waals surface area (Å²) >= 11 is 0. The maximum atomic E-state index is 15.1. The number of alkyl halides is 2. The molecule has 5 rings (SSSR count). The van der Waals surface area contributed by atoms with Gasteiger partial charge >= 0.3 is 6.11 Å². The van der Waals surface area contributed by atoms with Crippen molar-refractivity contribution in [2.75, 3.05) is 13.2 Å². The predicted octanol–water partition coefficient (Wildman–Crippen LogP) is 9.79. The van der Waals surface area contributed by atoms with Gasteiger partial charge in [0.1, 0.15) is 17.4 Å². The van der Waals surface area contributed by atoms with Gasteiger partial charge in [0.25, 0.3) is 0 Å². The SMILES string of the molecule is CCCCCC1COC(C2CCC(C3CCC(C(F)(F)Oc4ccc(-c5ccc(F)cc5)c(F)c4)CC3)CC2)OC1. The van der Waals surface area contributed by atoms with Crippen molar-refractivity contribution >= 4 is 0 Å². The van der Waals surface area contributed by atoms with Crippen molar-refractivity contribution in [3.63, 3.8) is 0 Å². The van der Waals surface area contributed by atoms with Crippen LogP contribution in [-0.2, 0) is 9.47 Å². The molecule has 3 nitrogen and oxygen atoms in total. The summed E-state index contributed by atoms with van der Waals surface area (Å²) < 4.78 is 75.4. The van der Waals surface area contributed by atoms with Crippen LogP contribution in [-0.4, -0.2) is 25.6 Å². The lowest BCUT2D eigenvalue weighted by Crippen LogP contribution is -2.40. The van der Waals surface area contributed by atoms with Crippen LogP contribution < -0.4 is 4.74 Å². The first-order valence-electron chi connectivity index (χ1n) is 15.7. The summed E-state index contributed by atoms with van der Waals surface area (Å²) in [4.78, 5) is 0. The van der Waals surface area contributed by atoms with Gasteiger partial charge in [0.05, 0.1) is 19.1 Å². The zero-order valence-electron chi connectivity index (χ0n) is 24.1. The second-order valence-corrected chi connectivity index (χ2v) is 12.5. The minimum Gasteiger partial charge on any atom is -0.432 e. The Bertz CT molecular complexity index is 1080. The fourth-order valence-electron chi connectivity index (χ4n) is 7.16. The summed E-state index contributed by atoms with van der Waals surface area (Å²) in [6.45, 7) is 3.83. The largest absolute Gasteiger partial charge is 0.432 e. The lowest BCUT2D eigenvalue weighted by molar-refractivity contribution is -0.232. The lowest BCUT2D eigenvalue weighted by atomic mass is 9.69. The number of benzene rings is 2. The van der Waals surface area contributed by atoms with Crippen molar-refractivity contribution in [1.29, 1.82) is 0 Å². The summed E-state index contributed by atoms with van der Waals surface area (Å²) in [5.74, 6) is -0.196. The molecular formula is C34H44F4O3. The third kappa shape index (κ3) is 7.84. The standard InChI is InChI=1S/C34H44F4O3/c1-2-3-4-5-23-21-39-33(40-22-23)27-8-6-24(7-9-27)25-10-14-28(15-11-25)34(37,38)41-30-18-19-31(32(36)20-30)26-12-16-29(35)17-13-26/h12-13,16-20,23-25,27-28,33H,2-11,14-15,21-22H2,1H3. The number of hydrogen-bond acceptors (Lipinski definition) is 3. The van der Waals surface area contributed by atoms with E-state index in [4.69, 9.17) is 14.2 Å². The summed E-state index contributed by atoms with van der Waals surface area (Å²) in [5.41, 5.74) is 0.684. The predicted molar refractivity (Wildman–Crippen MR) is 152 cm³/mol. The molecule has 41 heavy (non-hydrogen) atoms. The number of hydrogen-bond donors (Lipinski definition) is 0. The Morgan fingerprint density at radius 3 is 2.00 bits per heavy atom. The van der Waals surface area contributed by atoms with E-state index >= 15 is 8.78 Å². The van der Waals surface area contributed by atoms with E-state index < -0.39 is 23.7 Å². The zero-order chi connectivity index (χ0) is 28.8. The average Bonchev–Trinajstić information content (AvgIpc) is 2.98. The van der Waals surface area contributed by atoms with E-state index in [1.165, 1.54) is 62.1 Å². The highest BCUT2D eigenvalue weighted by Gasteiger charge is 2.45. The Morgan fingerprint density at radius 2 is 1.39 bits per heavy atom. The van der Waals surface area contributed by atoms with E-state index in [1.807, 2.05) is 0 Å². The quantitative estimate of drug-likeness (QED) is 0.208. The fraction of sp³-hybridized carbons (Fsp3) is 0.647. The molecule has 0 N–H and O–H groups in total. The smallest absolute Gasteiger partial charge is 0.400 e. The highest BCUT2D eigenvalue weighted by molar-refractivity contribution is 5.64. The fourth-order valence-corrected chi connectivity index (χ4v) is 7.16. The molecule has 1 heterocycles. The molecule has 0 amide bonds. The number of ether oxygens (including phenoxy) is 3. The van der Waals surface area contributed by atoms with Crippen LogP contribution in [0.2, 0.25) is 0 Å². The molecule has 3 aliphatic rings. The maximum Gasteiger partial charge on any atom is 0.400 e. The van der Waals surface area contributed by atoms with Crippen molar-refractivity contribution in [2.24, 2.45) is 29.6 Å². The van der Waals surface area contributed by atoms with Gasteiger partial charge in [-0.2, -0.15) is 8.78 Å². The molecule has 3 fully saturated rings. The van der Waals surface area contributed by atoms with Crippen LogP contribution in [0.4, 0.5) is 17.6 Å². The van der Waals surface area contributed by atoms with Gasteiger partial charge in [-0.3, -0.25) is 0 Å². The summed E-state index contributed by atoms with van der Waals surface area (Å²) in [5, 5.41) is 0. The van der Waals surface area contributed by atoms with Gasteiger partial charge < -0.3 is 14.2 Å². The first-order chi connectivity index (χ1) is 19.8. The molecule has 0 radical (unpaired) electrons. The van der Waals surface area contributed by atoms with E-state index in [0.717, 1.165) is 57.8 Å². The molecule has 0 bridgehead atoms. The van der Waals surface area contributed by atoms with E-state index in [0.29, 0.717) is 42.1 Å². The molecule has 2 aromatic rings. The lowest BCUT2D eigenvalue weighted by Gasteiger charge is -2.41. The molecule has 0 unspecified atom stereocenters. The zero-order valence-corrected chi connectivity index (χ0v) is 24.1.